The van der Waals surface area contributed by atoms with Gasteiger partial charge < -0.3 is 5.21 Å². The second-order valence-corrected chi connectivity index (χ2v) is 4.22. The van der Waals surface area contributed by atoms with Crippen molar-refractivity contribution in [3.05, 3.63) is 45.7 Å². The smallest absolute Gasteiger partial charge is 0.142 e. The maximum Gasteiger partial charge on any atom is 0.142 e. The first kappa shape index (κ1) is 12.0. The molecule has 0 radical (unpaired) electrons. The molecule has 2 aromatic rings. The van der Waals surface area contributed by atoms with Crippen molar-refractivity contribution in [3.8, 4) is 5.69 Å². The zero-order valence-corrected chi connectivity index (χ0v) is 10.4. The van der Waals surface area contributed by atoms with Gasteiger partial charge in [0.15, 0.2) is 0 Å². The van der Waals surface area contributed by atoms with E-state index in [2.05, 4.69) is 10.3 Å². The highest BCUT2D eigenvalue weighted by atomic mass is 35.5. The van der Waals surface area contributed by atoms with Crippen LogP contribution in [0.1, 0.15) is 11.3 Å². The molecular weight excluding hydrogens is 261 g/mol. The average molecular weight is 270 g/mol. The SMILES string of the molecule is Cc1nn(-c2ccc(Cl)cc2)c(Cl)c1C=NO. The van der Waals surface area contributed by atoms with E-state index in [1.54, 1.807) is 35.9 Å². The monoisotopic (exact) mass is 269 g/mol. The van der Waals surface area contributed by atoms with Crippen molar-refractivity contribution >= 4 is 29.4 Å². The van der Waals surface area contributed by atoms with Crippen LogP contribution in [0.3, 0.4) is 0 Å². The Kier molecular flexibility index (Phi) is 3.36. The first-order valence-electron chi connectivity index (χ1n) is 4.82. The average Bonchev–Trinajstić information content (AvgIpc) is 2.59. The molecule has 0 unspecified atom stereocenters. The molecule has 2 rings (SSSR count). The number of hydrogen-bond acceptors (Lipinski definition) is 3. The maximum absolute atomic E-state index is 8.54. The third kappa shape index (κ3) is 2.28. The summed E-state index contributed by atoms with van der Waals surface area (Å²) < 4.78 is 1.56. The third-order valence-electron chi connectivity index (χ3n) is 2.31. The predicted molar refractivity (Wildman–Crippen MR) is 67.7 cm³/mol. The van der Waals surface area contributed by atoms with Crippen LogP contribution in [-0.4, -0.2) is 21.2 Å². The molecule has 1 aromatic carbocycles. The fraction of sp³-hybridized carbons (Fsp3) is 0.0909. The number of hydrogen-bond donors (Lipinski definition) is 1. The third-order valence-corrected chi connectivity index (χ3v) is 2.92. The summed E-state index contributed by atoms with van der Waals surface area (Å²) in [5.74, 6) is 0. The zero-order chi connectivity index (χ0) is 12.4. The number of aryl methyl sites for hydroxylation is 1. The van der Waals surface area contributed by atoms with E-state index >= 15 is 0 Å². The number of oxime groups is 1. The second kappa shape index (κ2) is 4.77. The van der Waals surface area contributed by atoms with E-state index in [9.17, 15) is 0 Å². The molecule has 0 saturated heterocycles. The lowest BCUT2D eigenvalue weighted by Gasteiger charge is -2.02. The van der Waals surface area contributed by atoms with Crippen LogP contribution < -0.4 is 0 Å². The molecule has 0 saturated carbocycles. The minimum atomic E-state index is 0.391. The number of nitrogens with zero attached hydrogens (tertiary/aromatic N) is 3. The molecule has 88 valence electrons. The van der Waals surface area contributed by atoms with Crippen LogP contribution in [0.5, 0.6) is 0 Å². The lowest BCUT2D eigenvalue weighted by Crippen LogP contribution is -1.96. The minimum Gasteiger partial charge on any atom is -0.411 e. The highest BCUT2D eigenvalue weighted by Crippen LogP contribution is 2.22. The van der Waals surface area contributed by atoms with Crippen molar-refractivity contribution in [2.75, 3.05) is 0 Å². The summed E-state index contributed by atoms with van der Waals surface area (Å²) in [6, 6.07) is 7.12. The van der Waals surface area contributed by atoms with Crippen molar-refractivity contribution in [1.29, 1.82) is 0 Å². The Hall–Kier alpha value is -1.52. The molecule has 0 bridgehead atoms. The fourth-order valence-corrected chi connectivity index (χ4v) is 1.92. The van der Waals surface area contributed by atoms with Crippen LogP contribution in [0, 0.1) is 6.92 Å². The molecule has 1 aromatic heterocycles. The molecule has 1 N–H and O–H groups in total. The van der Waals surface area contributed by atoms with Crippen LogP contribution in [0.15, 0.2) is 29.4 Å². The van der Waals surface area contributed by atoms with Gasteiger partial charge in [0.25, 0.3) is 0 Å². The summed E-state index contributed by atoms with van der Waals surface area (Å²) in [7, 11) is 0. The molecular formula is C11H9Cl2N3O. The fourth-order valence-electron chi connectivity index (χ4n) is 1.47. The lowest BCUT2D eigenvalue weighted by atomic mass is 10.3. The number of aromatic nitrogens is 2. The highest BCUT2D eigenvalue weighted by molar-refractivity contribution is 6.32. The maximum atomic E-state index is 8.54. The van der Waals surface area contributed by atoms with Crippen molar-refractivity contribution in [3.63, 3.8) is 0 Å². The molecule has 0 atom stereocenters. The predicted octanol–water partition coefficient (Wildman–Crippen LogP) is 3.30. The minimum absolute atomic E-state index is 0.391. The summed E-state index contributed by atoms with van der Waals surface area (Å²) in [6.45, 7) is 1.79. The zero-order valence-electron chi connectivity index (χ0n) is 8.93. The van der Waals surface area contributed by atoms with Crippen LogP contribution in [0.2, 0.25) is 10.2 Å². The van der Waals surface area contributed by atoms with Gasteiger partial charge in [0.1, 0.15) is 5.15 Å². The molecule has 0 spiro atoms. The standard InChI is InChI=1S/C11H9Cl2N3O/c1-7-10(6-14-17)11(13)16(15-7)9-4-2-8(12)3-5-9/h2-6,17H,1H3. The van der Waals surface area contributed by atoms with Crippen molar-refractivity contribution in [2.45, 2.75) is 6.92 Å². The molecule has 1 heterocycles. The molecule has 0 aliphatic rings. The first-order valence-corrected chi connectivity index (χ1v) is 5.57. The first-order chi connectivity index (χ1) is 8.13. The summed E-state index contributed by atoms with van der Waals surface area (Å²) >= 11 is 12.0. The Morgan fingerprint density at radius 2 is 1.94 bits per heavy atom. The number of halogens is 2. The van der Waals surface area contributed by atoms with Gasteiger partial charge in [-0.1, -0.05) is 28.4 Å². The summed E-state index contributed by atoms with van der Waals surface area (Å²) in [4.78, 5) is 0. The van der Waals surface area contributed by atoms with Gasteiger partial charge in [-0.3, -0.25) is 0 Å². The van der Waals surface area contributed by atoms with Crippen molar-refractivity contribution < 1.29 is 5.21 Å². The van der Waals surface area contributed by atoms with Crippen LogP contribution in [0.4, 0.5) is 0 Å². The van der Waals surface area contributed by atoms with E-state index in [4.69, 9.17) is 28.4 Å². The topological polar surface area (TPSA) is 50.4 Å². The molecule has 0 aliphatic heterocycles. The van der Waals surface area contributed by atoms with E-state index < -0.39 is 0 Å². The van der Waals surface area contributed by atoms with Crippen LogP contribution in [0.25, 0.3) is 5.69 Å². The molecule has 6 heteroatoms. The molecule has 0 aliphatic carbocycles. The van der Waals surface area contributed by atoms with Gasteiger partial charge in [0.2, 0.25) is 0 Å². The van der Waals surface area contributed by atoms with Gasteiger partial charge in [-0.2, -0.15) is 5.10 Å². The largest absolute Gasteiger partial charge is 0.411 e. The van der Waals surface area contributed by atoms with E-state index in [1.807, 2.05) is 0 Å². The Bertz CT molecular complexity index is 561. The van der Waals surface area contributed by atoms with E-state index in [0.717, 1.165) is 5.69 Å². The van der Waals surface area contributed by atoms with Gasteiger partial charge >= 0.3 is 0 Å². The van der Waals surface area contributed by atoms with Gasteiger partial charge in [0, 0.05) is 5.02 Å². The normalized spacial score (nSPS) is 11.2. The summed E-state index contributed by atoms with van der Waals surface area (Å²) in [5.41, 5.74) is 2.06. The van der Waals surface area contributed by atoms with Crippen molar-refractivity contribution in [1.82, 2.24) is 9.78 Å². The molecule has 0 fully saturated rings. The molecule has 17 heavy (non-hydrogen) atoms. The number of rotatable bonds is 2. The quantitative estimate of drug-likeness (QED) is 0.517. The van der Waals surface area contributed by atoms with E-state index in [1.165, 1.54) is 6.21 Å². The molecule has 4 nitrogen and oxygen atoms in total. The van der Waals surface area contributed by atoms with E-state index in [-0.39, 0.29) is 0 Å². The van der Waals surface area contributed by atoms with Crippen LogP contribution >= 0.6 is 23.2 Å². The van der Waals surface area contributed by atoms with Gasteiger partial charge in [-0.25, -0.2) is 4.68 Å². The highest BCUT2D eigenvalue weighted by Gasteiger charge is 2.12. The Balaban J connectivity index is 2.53. The van der Waals surface area contributed by atoms with Gasteiger partial charge in [-0.15, -0.1) is 0 Å². The van der Waals surface area contributed by atoms with E-state index in [0.29, 0.717) is 21.4 Å². The van der Waals surface area contributed by atoms with Gasteiger partial charge in [-0.05, 0) is 31.2 Å². The van der Waals surface area contributed by atoms with Crippen molar-refractivity contribution in [2.24, 2.45) is 5.16 Å². The Morgan fingerprint density at radius 1 is 1.29 bits per heavy atom. The Morgan fingerprint density at radius 3 is 2.53 bits per heavy atom. The number of benzene rings is 1. The lowest BCUT2D eigenvalue weighted by molar-refractivity contribution is 0.322. The second-order valence-electron chi connectivity index (χ2n) is 3.42. The summed E-state index contributed by atoms with van der Waals surface area (Å²) in [6.07, 6.45) is 1.26. The molecule has 0 amide bonds. The summed E-state index contributed by atoms with van der Waals surface area (Å²) in [5, 5.41) is 16.8. The van der Waals surface area contributed by atoms with Crippen LogP contribution in [-0.2, 0) is 0 Å². The Labute approximate surface area is 108 Å². The van der Waals surface area contributed by atoms with Gasteiger partial charge in [0.05, 0.1) is 23.2 Å².